The van der Waals surface area contributed by atoms with Crippen LogP contribution in [0.25, 0.3) is 0 Å². The van der Waals surface area contributed by atoms with Gasteiger partial charge < -0.3 is 15.5 Å². The second-order valence-corrected chi connectivity index (χ2v) is 11.6. The third-order valence-corrected chi connectivity index (χ3v) is 8.04. The minimum atomic E-state index is -1.32. The van der Waals surface area contributed by atoms with Gasteiger partial charge in [0.15, 0.2) is 0 Å². The summed E-state index contributed by atoms with van der Waals surface area (Å²) < 4.78 is -1.32. The van der Waals surface area contributed by atoms with Crippen molar-refractivity contribution in [1.82, 2.24) is 4.98 Å². The fourth-order valence-corrected chi connectivity index (χ4v) is 6.09. The van der Waals surface area contributed by atoms with Crippen LogP contribution < -0.4 is 15.5 Å². The number of hydrogen-bond acceptors (Lipinski definition) is 4. The number of carbonyl (C=O) groups excluding carboxylic acids is 2. The molecule has 0 spiro atoms. The van der Waals surface area contributed by atoms with Gasteiger partial charge in [0.05, 0.1) is 28.4 Å². The molecule has 36 heavy (non-hydrogen) atoms. The number of nitrogens with zero attached hydrogens (tertiary/aromatic N) is 2. The third kappa shape index (κ3) is 4.85. The Bertz CT molecular complexity index is 1380. The van der Waals surface area contributed by atoms with E-state index < -0.39 is 28.0 Å². The number of fused-ring (bicyclic) bond motifs is 1. The van der Waals surface area contributed by atoms with Gasteiger partial charge in [-0.3, -0.25) is 9.59 Å². The summed E-state index contributed by atoms with van der Waals surface area (Å²) in [7, 11) is 1.98. The highest BCUT2D eigenvalue weighted by Gasteiger charge is 2.67. The van der Waals surface area contributed by atoms with E-state index in [0.717, 1.165) is 24.3 Å². The quantitative estimate of drug-likeness (QED) is 0.323. The van der Waals surface area contributed by atoms with Crippen LogP contribution in [-0.2, 0) is 11.2 Å². The maximum absolute atomic E-state index is 13.0. The van der Waals surface area contributed by atoms with E-state index in [9.17, 15) is 9.59 Å². The molecule has 2 unspecified atom stereocenters. The van der Waals surface area contributed by atoms with E-state index in [2.05, 4.69) is 20.5 Å². The van der Waals surface area contributed by atoms with E-state index in [4.69, 9.17) is 58.0 Å². The third-order valence-electron chi connectivity index (χ3n) is 6.34. The predicted octanol–water partition coefficient (Wildman–Crippen LogP) is 6.81. The average molecular weight is 585 g/mol. The monoisotopic (exact) mass is 582 g/mol. The Morgan fingerprint density at radius 1 is 1.00 bits per heavy atom. The molecule has 2 amide bonds. The first kappa shape index (κ1) is 25.4. The van der Waals surface area contributed by atoms with Crippen molar-refractivity contribution in [2.75, 3.05) is 29.1 Å². The summed E-state index contributed by atoms with van der Waals surface area (Å²) in [6.45, 7) is 0.880. The topological polar surface area (TPSA) is 74.3 Å². The van der Waals surface area contributed by atoms with E-state index in [0.29, 0.717) is 27.0 Å². The molecule has 2 aromatic carbocycles. The average Bonchev–Trinajstić information content (AvgIpc) is 3.21. The number of carbonyl (C=O) groups is 2. The van der Waals surface area contributed by atoms with Gasteiger partial charge in [-0.25, -0.2) is 4.98 Å². The van der Waals surface area contributed by atoms with Gasteiger partial charge in [0, 0.05) is 35.2 Å². The number of pyridine rings is 1. The Balaban J connectivity index is 1.31. The van der Waals surface area contributed by atoms with Crippen LogP contribution in [0.4, 0.5) is 17.2 Å². The van der Waals surface area contributed by atoms with E-state index in [-0.39, 0.29) is 10.6 Å². The highest BCUT2D eigenvalue weighted by Crippen LogP contribution is 2.65. The van der Waals surface area contributed by atoms with Gasteiger partial charge in [-0.2, -0.15) is 0 Å². The first-order chi connectivity index (χ1) is 17.0. The standard InChI is InChI=1S/C25H19Cl5N4O2/c1-34-5-4-12-8-17(11-31-22(12)34)33-23(35)18-10-16(2-3-19(18)28)32-24(36)21-20(25(21,29)30)13-6-14(26)9-15(27)7-13/h2-3,6-11,20-21H,4-5H2,1H3,(H,32,36)(H,33,35). The van der Waals surface area contributed by atoms with Gasteiger partial charge >= 0.3 is 0 Å². The van der Waals surface area contributed by atoms with Gasteiger partial charge in [0.2, 0.25) is 5.91 Å². The van der Waals surface area contributed by atoms with Crippen molar-refractivity contribution in [2.24, 2.45) is 5.92 Å². The number of nitrogens with one attached hydrogen (secondary N) is 2. The highest BCUT2D eigenvalue weighted by atomic mass is 35.5. The van der Waals surface area contributed by atoms with Gasteiger partial charge in [0.25, 0.3) is 5.91 Å². The minimum absolute atomic E-state index is 0.198. The summed E-state index contributed by atoms with van der Waals surface area (Å²) in [6, 6.07) is 11.5. The highest BCUT2D eigenvalue weighted by molar-refractivity contribution is 6.53. The number of halogens is 5. The fraction of sp³-hybridized carbons (Fsp3) is 0.240. The molecule has 2 N–H and O–H groups in total. The molecule has 1 aliphatic carbocycles. The number of alkyl halides is 2. The molecule has 1 aromatic heterocycles. The van der Waals surface area contributed by atoms with Crippen LogP contribution in [0.1, 0.15) is 27.4 Å². The normalized spacial score (nSPS) is 19.6. The van der Waals surface area contributed by atoms with Crippen LogP contribution >= 0.6 is 58.0 Å². The van der Waals surface area contributed by atoms with Crippen molar-refractivity contribution in [3.63, 3.8) is 0 Å². The molecule has 11 heteroatoms. The van der Waals surface area contributed by atoms with Crippen molar-refractivity contribution in [1.29, 1.82) is 0 Å². The van der Waals surface area contributed by atoms with Crippen molar-refractivity contribution < 1.29 is 9.59 Å². The SMILES string of the molecule is CN1CCc2cc(NC(=O)c3cc(NC(=O)C4C(c5cc(Cl)cc(Cl)c5)C4(Cl)Cl)ccc3Cl)cnc21. The fourth-order valence-electron chi connectivity index (χ4n) is 4.51. The molecule has 2 heterocycles. The van der Waals surface area contributed by atoms with Crippen molar-refractivity contribution >= 4 is 87.0 Å². The van der Waals surface area contributed by atoms with Crippen LogP contribution in [0.2, 0.25) is 15.1 Å². The number of likely N-dealkylation sites (N-methyl/N-ethyl adjacent to an activating group) is 1. The summed E-state index contributed by atoms with van der Waals surface area (Å²) in [4.78, 5) is 32.5. The maximum atomic E-state index is 13.0. The molecular weight excluding hydrogens is 566 g/mol. The van der Waals surface area contributed by atoms with Gasteiger partial charge in [-0.15, -0.1) is 23.2 Å². The number of benzene rings is 2. The van der Waals surface area contributed by atoms with E-state index >= 15 is 0 Å². The Kier molecular flexibility index (Phi) is 6.77. The number of aromatic nitrogens is 1. The van der Waals surface area contributed by atoms with Gasteiger partial charge in [-0.1, -0.05) is 34.8 Å². The summed E-state index contributed by atoms with van der Waals surface area (Å²) >= 11 is 31.4. The second kappa shape index (κ2) is 9.58. The molecule has 0 radical (unpaired) electrons. The molecular formula is C25H19Cl5N4O2. The molecule has 6 nitrogen and oxygen atoms in total. The first-order valence-corrected chi connectivity index (χ1v) is 12.9. The Morgan fingerprint density at radius 2 is 1.72 bits per heavy atom. The molecule has 3 aromatic rings. The Morgan fingerprint density at radius 3 is 2.44 bits per heavy atom. The number of amides is 2. The lowest BCUT2D eigenvalue weighted by Crippen LogP contribution is -2.18. The van der Waals surface area contributed by atoms with Crippen LogP contribution in [0, 0.1) is 5.92 Å². The van der Waals surface area contributed by atoms with Gasteiger partial charge in [-0.05, 0) is 60.0 Å². The molecule has 1 aliphatic heterocycles. The van der Waals surface area contributed by atoms with Crippen molar-refractivity contribution in [3.05, 3.63) is 80.4 Å². The lowest BCUT2D eigenvalue weighted by molar-refractivity contribution is -0.117. The van der Waals surface area contributed by atoms with Crippen LogP contribution in [0.5, 0.6) is 0 Å². The zero-order valence-electron chi connectivity index (χ0n) is 18.8. The summed E-state index contributed by atoms with van der Waals surface area (Å²) in [6.07, 6.45) is 2.46. The lowest BCUT2D eigenvalue weighted by atomic mass is 10.1. The smallest absolute Gasteiger partial charge is 0.257 e. The first-order valence-electron chi connectivity index (χ1n) is 11.0. The molecule has 2 aliphatic rings. The summed E-state index contributed by atoms with van der Waals surface area (Å²) in [5, 5.41) is 6.69. The Hall–Kier alpha value is -2.22. The lowest BCUT2D eigenvalue weighted by Gasteiger charge is -2.12. The Labute approximate surface area is 232 Å². The van der Waals surface area contributed by atoms with Crippen LogP contribution in [0.3, 0.4) is 0 Å². The van der Waals surface area contributed by atoms with Crippen LogP contribution in [0.15, 0.2) is 48.7 Å². The zero-order chi connectivity index (χ0) is 25.8. The summed E-state index contributed by atoms with van der Waals surface area (Å²) in [5.74, 6) is -1.14. The molecule has 2 atom stereocenters. The molecule has 0 bridgehead atoms. The number of anilines is 3. The van der Waals surface area contributed by atoms with E-state index in [1.165, 1.54) is 12.1 Å². The van der Waals surface area contributed by atoms with Gasteiger partial charge in [0.1, 0.15) is 10.2 Å². The predicted molar refractivity (Wildman–Crippen MR) is 146 cm³/mol. The van der Waals surface area contributed by atoms with E-state index in [1.807, 2.05) is 13.1 Å². The van der Waals surface area contributed by atoms with E-state index in [1.54, 1.807) is 30.5 Å². The van der Waals surface area contributed by atoms with Crippen LogP contribution in [-0.4, -0.2) is 34.7 Å². The summed E-state index contributed by atoms with van der Waals surface area (Å²) in [5.41, 5.74) is 2.87. The molecule has 1 fully saturated rings. The second-order valence-electron chi connectivity index (χ2n) is 8.85. The number of hydrogen-bond donors (Lipinski definition) is 2. The molecule has 1 saturated carbocycles. The molecule has 186 valence electrons. The maximum Gasteiger partial charge on any atom is 0.257 e. The van der Waals surface area contributed by atoms with Crippen molar-refractivity contribution in [3.8, 4) is 0 Å². The number of rotatable bonds is 5. The van der Waals surface area contributed by atoms with Crippen molar-refractivity contribution in [2.45, 2.75) is 16.7 Å². The molecule has 0 saturated heterocycles. The largest absolute Gasteiger partial charge is 0.359 e. The molecule has 5 rings (SSSR count). The minimum Gasteiger partial charge on any atom is -0.359 e. The zero-order valence-corrected chi connectivity index (χ0v) is 22.6.